The standard InChI is InChI=1S/C19H14BrFN2O3S/c1-11(24)22-19-23-18(25)17(27-19)9-13-8-14(20)6-7-16(13)26-10-12-4-2-3-5-15(12)21/h2-9H,10H2,1H3,(H,22,23,24,25). The molecule has 0 aromatic heterocycles. The van der Waals surface area contributed by atoms with Crippen LogP contribution in [-0.4, -0.2) is 17.0 Å². The maximum atomic E-state index is 13.8. The van der Waals surface area contributed by atoms with Gasteiger partial charge in [-0.15, -0.1) is 0 Å². The van der Waals surface area contributed by atoms with Gasteiger partial charge in [0.15, 0.2) is 5.17 Å². The number of nitrogens with one attached hydrogen (secondary N) is 1. The number of carbonyl (C=O) groups is 2. The van der Waals surface area contributed by atoms with Crippen molar-refractivity contribution in [1.82, 2.24) is 5.32 Å². The van der Waals surface area contributed by atoms with E-state index in [4.69, 9.17) is 4.74 Å². The number of benzene rings is 2. The lowest BCUT2D eigenvalue weighted by Gasteiger charge is -2.11. The van der Waals surface area contributed by atoms with Crippen LogP contribution in [0.2, 0.25) is 0 Å². The summed E-state index contributed by atoms with van der Waals surface area (Å²) in [5.74, 6) is -0.588. The number of rotatable bonds is 4. The van der Waals surface area contributed by atoms with Crippen LogP contribution >= 0.6 is 27.7 Å². The van der Waals surface area contributed by atoms with Gasteiger partial charge in [-0.05, 0) is 42.1 Å². The van der Waals surface area contributed by atoms with Gasteiger partial charge < -0.3 is 10.1 Å². The van der Waals surface area contributed by atoms with E-state index in [2.05, 4.69) is 26.2 Å². The first-order valence-corrected chi connectivity index (χ1v) is 9.49. The smallest absolute Gasteiger partial charge is 0.286 e. The minimum Gasteiger partial charge on any atom is -0.488 e. The van der Waals surface area contributed by atoms with Gasteiger partial charge in [0.2, 0.25) is 5.91 Å². The van der Waals surface area contributed by atoms with Crippen LogP contribution in [0.4, 0.5) is 4.39 Å². The Hall–Kier alpha value is -2.45. The fourth-order valence-corrected chi connectivity index (χ4v) is 3.52. The van der Waals surface area contributed by atoms with Crippen LogP contribution in [0, 0.1) is 5.82 Å². The third-order valence-electron chi connectivity index (χ3n) is 3.50. The molecule has 5 nitrogen and oxygen atoms in total. The predicted octanol–water partition coefficient (Wildman–Crippen LogP) is 4.27. The molecule has 0 unspecified atom stereocenters. The van der Waals surface area contributed by atoms with E-state index in [0.717, 1.165) is 16.2 Å². The van der Waals surface area contributed by atoms with E-state index in [0.29, 0.717) is 21.8 Å². The third kappa shape index (κ3) is 5.05. The predicted molar refractivity (Wildman–Crippen MR) is 107 cm³/mol. The highest BCUT2D eigenvalue weighted by atomic mass is 79.9. The first kappa shape index (κ1) is 19.3. The lowest BCUT2D eigenvalue weighted by Crippen LogP contribution is -2.23. The first-order chi connectivity index (χ1) is 12.9. The highest BCUT2D eigenvalue weighted by molar-refractivity contribution is 9.10. The SMILES string of the molecule is CC(=O)NC1=NC(=O)C(=Cc2cc(Br)ccc2OCc2ccccc2F)S1. The summed E-state index contributed by atoms with van der Waals surface area (Å²) in [5.41, 5.74) is 1.07. The van der Waals surface area contributed by atoms with E-state index < -0.39 is 5.91 Å². The van der Waals surface area contributed by atoms with Gasteiger partial charge >= 0.3 is 0 Å². The zero-order chi connectivity index (χ0) is 19.4. The van der Waals surface area contributed by atoms with Gasteiger partial charge in [-0.3, -0.25) is 9.59 Å². The van der Waals surface area contributed by atoms with Gasteiger partial charge in [-0.2, -0.15) is 4.99 Å². The van der Waals surface area contributed by atoms with E-state index in [1.54, 1.807) is 42.5 Å². The first-order valence-electron chi connectivity index (χ1n) is 7.88. The van der Waals surface area contributed by atoms with Crippen molar-refractivity contribution in [2.75, 3.05) is 0 Å². The third-order valence-corrected chi connectivity index (χ3v) is 4.90. The zero-order valence-electron chi connectivity index (χ0n) is 14.2. The number of hydrogen-bond acceptors (Lipinski definition) is 4. The average molecular weight is 449 g/mol. The Kier molecular flexibility index (Phi) is 6.08. The topological polar surface area (TPSA) is 67.8 Å². The van der Waals surface area contributed by atoms with Crippen molar-refractivity contribution in [2.45, 2.75) is 13.5 Å². The molecule has 0 fully saturated rings. The monoisotopic (exact) mass is 448 g/mol. The second-order valence-corrected chi connectivity index (χ2v) is 7.52. The minimum absolute atomic E-state index is 0.0548. The maximum Gasteiger partial charge on any atom is 0.286 e. The van der Waals surface area contributed by atoms with Crippen LogP contribution in [0.3, 0.4) is 0 Å². The summed E-state index contributed by atoms with van der Waals surface area (Å²) >= 11 is 4.46. The molecule has 2 aromatic carbocycles. The van der Waals surface area contributed by atoms with Crippen LogP contribution in [0.1, 0.15) is 18.1 Å². The van der Waals surface area contributed by atoms with Crippen molar-refractivity contribution < 1.29 is 18.7 Å². The van der Waals surface area contributed by atoms with E-state index >= 15 is 0 Å². The number of ether oxygens (including phenoxy) is 1. The molecule has 1 aliphatic rings. The van der Waals surface area contributed by atoms with Crippen LogP contribution < -0.4 is 10.1 Å². The molecule has 1 N–H and O–H groups in total. The quantitative estimate of drug-likeness (QED) is 0.708. The van der Waals surface area contributed by atoms with Crippen molar-refractivity contribution in [3.63, 3.8) is 0 Å². The fourth-order valence-electron chi connectivity index (χ4n) is 2.29. The van der Waals surface area contributed by atoms with Crippen LogP contribution in [0.25, 0.3) is 6.08 Å². The molecule has 0 atom stereocenters. The van der Waals surface area contributed by atoms with Crippen molar-refractivity contribution in [2.24, 2.45) is 4.99 Å². The van der Waals surface area contributed by atoms with Crippen molar-refractivity contribution >= 4 is 50.7 Å². The van der Waals surface area contributed by atoms with E-state index in [-0.39, 0.29) is 23.5 Å². The molecule has 27 heavy (non-hydrogen) atoms. The number of thioether (sulfide) groups is 1. The van der Waals surface area contributed by atoms with Gasteiger partial charge in [0.05, 0.1) is 4.91 Å². The minimum atomic E-state index is -0.441. The zero-order valence-corrected chi connectivity index (χ0v) is 16.6. The van der Waals surface area contributed by atoms with E-state index in [9.17, 15) is 14.0 Å². The van der Waals surface area contributed by atoms with Gasteiger partial charge in [0, 0.05) is 22.5 Å². The normalized spacial score (nSPS) is 15.0. The number of hydrogen-bond donors (Lipinski definition) is 1. The molecule has 138 valence electrons. The Morgan fingerprint density at radius 1 is 1.33 bits per heavy atom. The van der Waals surface area contributed by atoms with Gasteiger partial charge in [0.1, 0.15) is 18.2 Å². The Morgan fingerprint density at radius 3 is 2.85 bits per heavy atom. The molecule has 0 bridgehead atoms. The molecule has 2 amide bonds. The van der Waals surface area contributed by atoms with Crippen LogP contribution in [0.5, 0.6) is 5.75 Å². The fraction of sp³-hybridized carbons (Fsp3) is 0.105. The molecule has 3 rings (SSSR count). The van der Waals surface area contributed by atoms with Crippen LogP contribution in [-0.2, 0) is 16.2 Å². The molecule has 8 heteroatoms. The highest BCUT2D eigenvalue weighted by Gasteiger charge is 2.23. The van der Waals surface area contributed by atoms with Crippen molar-refractivity contribution in [3.05, 3.63) is 68.8 Å². The Bertz CT molecular complexity index is 975. The summed E-state index contributed by atoms with van der Waals surface area (Å²) in [4.78, 5) is 27.3. The molecule has 0 aliphatic carbocycles. The summed E-state index contributed by atoms with van der Waals surface area (Å²) < 4.78 is 20.3. The Balaban J connectivity index is 1.82. The number of amidine groups is 1. The largest absolute Gasteiger partial charge is 0.488 e. The lowest BCUT2D eigenvalue weighted by molar-refractivity contribution is -0.117. The molecule has 0 saturated heterocycles. The molecule has 2 aromatic rings. The van der Waals surface area contributed by atoms with Crippen LogP contribution in [0.15, 0.2) is 56.8 Å². The second-order valence-electron chi connectivity index (χ2n) is 5.58. The Morgan fingerprint density at radius 2 is 2.11 bits per heavy atom. The van der Waals surface area contributed by atoms with Gasteiger partial charge in [0.25, 0.3) is 5.91 Å². The summed E-state index contributed by atoms with van der Waals surface area (Å²) in [5, 5.41) is 2.74. The second kappa shape index (κ2) is 8.49. The number of halogens is 2. The number of carbonyl (C=O) groups excluding carboxylic acids is 2. The van der Waals surface area contributed by atoms with Gasteiger partial charge in [-0.1, -0.05) is 34.1 Å². The number of aliphatic imine (C=N–C) groups is 1. The molecule has 0 saturated carbocycles. The summed E-state index contributed by atoms with van der Waals surface area (Å²) in [6.45, 7) is 1.40. The molecule has 0 spiro atoms. The average Bonchev–Trinajstić information content (AvgIpc) is 2.94. The van der Waals surface area contributed by atoms with E-state index in [1.165, 1.54) is 13.0 Å². The maximum absolute atomic E-state index is 13.8. The van der Waals surface area contributed by atoms with Crippen molar-refractivity contribution in [1.29, 1.82) is 0 Å². The summed E-state index contributed by atoms with van der Waals surface area (Å²) in [6.07, 6.45) is 1.63. The number of nitrogens with zero attached hydrogens (tertiary/aromatic N) is 1. The Labute approximate surface area is 167 Å². The van der Waals surface area contributed by atoms with Gasteiger partial charge in [-0.25, -0.2) is 4.39 Å². The lowest BCUT2D eigenvalue weighted by atomic mass is 10.1. The number of amides is 2. The van der Waals surface area contributed by atoms with E-state index in [1.807, 2.05) is 0 Å². The molecular weight excluding hydrogens is 435 g/mol. The summed E-state index contributed by atoms with van der Waals surface area (Å²) in [6, 6.07) is 11.7. The molecule has 1 heterocycles. The summed E-state index contributed by atoms with van der Waals surface area (Å²) in [7, 11) is 0. The van der Waals surface area contributed by atoms with Crippen molar-refractivity contribution in [3.8, 4) is 5.75 Å². The molecule has 0 radical (unpaired) electrons. The highest BCUT2D eigenvalue weighted by Crippen LogP contribution is 2.32. The molecular formula is C19H14BrFN2O3S. The molecule has 1 aliphatic heterocycles.